The molecule has 0 bridgehead atoms. The number of rotatable bonds is 4. The second kappa shape index (κ2) is 5.69. The fourth-order valence-corrected chi connectivity index (χ4v) is 1.97. The van der Waals surface area contributed by atoms with Crippen LogP contribution in [0.1, 0.15) is 42.9 Å². The molecule has 1 aromatic rings. The highest BCUT2D eigenvalue weighted by Gasteiger charge is 2.21. The molecule has 1 rings (SSSR count). The Morgan fingerprint density at radius 1 is 1.31 bits per heavy atom. The lowest BCUT2D eigenvalue weighted by Crippen LogP contribution is -2.16. The van der Waals surface area contributed by atoms with Crippen LogP contribution in [-0.4, -0.2) is 12.6 Å². The molecule has 2 nitrogen and oxygen atoms in total. The van der Waals surface area contributed by atoms with Crippen molar-refractivity contribution in [2.45, 2.75) is 40.0 Å². The second-order valence-electron chi connectivity index (χ2n) is 4.07. The van der Waals surface area contributed by atoms with Crippen molar-refractivity contribution in [3.63, 3.8) is 0 Å². The van der Waals surface area contributed by atoms with Crippen molar-refractivity contribution in [2.24, 2.45) is 0 Å². The highest BCUT2D eigenvalue weighted by molar-refractivity contribution is 5.78. The van der Waals surface area contributed by atoms with E-state index in [1.165, 1.54) is 11.1 Å². The summed E-state index contributed by atoms with van der Waals surface area (Å²) in [5.74, 6) is -0.238. The van der Waals surface area contributed by atoms with Gasteiger partial charge in [0.25, 0.3) is 0 Å². The van der Waals surface area contributed by atoms with Gasteiger partial charge >= 0.3 is 5.97 Å². The molecule has 2 heteroatoms. The zero-order chi connectivity index (χ0) is 12.1. The number of ether oxygens (including phenoxy) is 1. The molecule has 88 valence electrons. The number of carbonyl (C=O) groups is 1. The van der Waals surface area contributed by atoms with Crippen molar-refractivity contribution in [3.05, 3.63) is 34.9 Å². The molecule has 0 aliphatic rings. The quantitative estimate of drug-likeness (QED) is 0.727. The largest absolute Gasteiger partial charge is 0.466 e. The highest BCUT2D eigenvalue weighted by atomic mass is 16.5. The average Bonchev–Trinajstić information content (AvgIpc) is 2.22. The highest BCUT2D eigenvalue weighted by Crippen LogP contribution is 2.25. The summed E-state index contributed by atoms with van der Waals surface area (Å²) in [6.45, 7) is 8.40. The number of esters is 1. The molecule has 16 heavy (non-hydrogen) atoms. The van der Waals surface area contributed by atoms with Crippen LogP contribution in [0.3, 0.4) is 0 Å². The molecule has 1 atom stereocenters. The Morgan fingerprint density at radius 2 is 2.00 bits per heavy atom. The summed E-state index contributed by atoms with van der Waals surface area (Å²) in [5.41, 5.74) is 3.48. The van der Waals surface area contributed by atoms with Crippen LogP contribution in [0, 0.1) is 13.8 Å². The fraction of sp³-hybridized carbons (Fsp3) is 0.500. The predicted octanol–water partition coefficient (Wildman–Crippen LogP) is 3.36. The molecular formula is C14H20O2. The molecule has 1 aromatic carbocycles. The van der Waals surface area contributed by atoms with Crippen LogP contribution < -0.4 is 0 Å². The molecule has 1 unspecified atom stereocenters. The summed E-state index contributed by atoms with van der Waals surface area (Å²) in [6.07, 6.45) is 0.780. The van der Waals surface area contributed by atoms with Gasteiger partial charge < -0.3 is 4.74 Å². The number of aryl methyl sites for hydroxylation is 2. The summed E-state index contributed by atoms with van der Waals surface area (Å²) in [6, 6.07) is 6.19. The van der Waals surface area contributed by atoms with E-state index >= 15 is 0 Å². The topological polar surface area (TPSA) is 26.3 Å². The Morgan fingerprint density at radius 3 is 2.50 bits per heavy atom. The van der Waals surface area contributed by atoms with Gasteiger partial charge in [-0.05, 0) is 38.3 Å². The summed E-state index contributed by atoms with van der Waals surface area (Å²) in [4.78, 5) is 11.8. The molecule has 0 aliphatic carbocycles. The Labute approximate surface area is 97.6 Å². The van der Waals surface area contributed by atoms with Crippen LogP contribution >= 0.6 is 0 Å². The average molecular weight is 220 g/mol. The fourth-order valence-electron chi connectivity index (χ4n) is 1.97. The molecule has 0 spiro atoms. The first-order chi connectivity index (χ1) is 7.60. The van der Waals surface area contributed by atoms with E-state index in [4.69, 9.17) is 4.74 Å². The molecule has 0 N–H and O–H groups in total. The Balaban J connectivity index is 2.99. The zero-order valence-electron chi connectivity index (χ0n) is 10.5. The monoisotopic (exact) mass is 220 g/mol. The smallest absolute Gasteiger partial charge is 0.313 e. The van der Waals surface area contributed by atoms with E-state index in [2.05, 4.69) is 13.0 Å². The maximum Gasteiger partial charge on any atom is 0.313 e. The van der Waals surface area contributed by atoms with Crippen LogP contribution in [-0.2, 0) is 9.53 Å². The number of hydrogen-bond donors (Lipinski definition) is 0. The van der Waals surface area contributed by atoms with Gasteiger partial charge in [-0.15, -0.1) is 0 Å². The van der Waals surface area contributed by atoms with Crippen LogP contribution in [0.5, 0.6) is 0 Å². The van der Waals surface area contributed by atoms with Gasteiger partial charge in [0.15, 0.2) is 0 Å². The molecule has 0 aliphatic heterocycles. The number of benzene rings is 1. The van der Waals surface area contributed by atoms with Gasteiger partial charge in [-0.3, -0.25) is 4.79 Å². The van der Waals surface area contributed by atoms with Gasteiger partial charge in [-0.25, -0.2) is 0 Å². The Bertz CT molecular complexity index is 369. The lowest BCUT2D eigenvalue weighted by molar-refractivity contribution is -0.145. The van der Waals surface area contributed by atoms with Crippen LogP contribution in [0.2, 0.25) is 0 Å². The van der Waals surface area contributed by atoms with Crippen LogP contribution in [0.25, 0.3) is 0 Å². The van der Waals surface area contributed by atoms with E-state index in [1.54, 1.807) is 0 Å². The van der Waals surface area contributed by atoms with Gasteiger partial charge in [0, 0.05) is 0 Å². The van der Waals surface area contributed by atoms with Gasteiger partial charge in [-0.1, -0.05) is 30.7 Å². The van der Waals surface area contributed by atoms with E-state index in [0.717, 1.165) is 12.0 Å². The second-order valence-corrected chi connectivity index (χ2v) is 4.07. The third-order valence-corrected chi connectivity index (χ3v) is 2.78. The molecule has 0 aromatic heterocycles. The van der Waals surface area contributed by atoms with Crippen molar-refractivity contribution >= 4 is 5.97 Å². The zero-order valence-corrected chi connectivity index (χ0v) is 10.5. The molecule has 0 heterocycles. The SMILES string of the molecule is CCOC(=O)C(CC)c1ccc(C)cc1C. The summed E-state index contributed by atoms with van der Waals surface area (Å²) in [5, 5.41) is 0. The van der Waals surface area contributed by atoms with Gasteiger partial charge in [-0.2, -0.15) is 0 Å². The lowest BCUT2D eigenvalue weighted by Gasteiger charge is -2.16. The van der Waals surface area contributed by atoms with Crippen LogP contribution in [0.4, 0.5) is 0 Å². The van der Waals surface area contributed by atoms with Crippen molar-refractivity contribution in [1.82, 2.24) is 0 Å². The van der Waals surface area contributed by atoms with Crippen molar-refractivity contribution in [3.8, 4) is 0 Å². The molecule has 0 radical (unpaired) electrons. The summed E-state index contributed by atoms with van der Waals surface area (Å²) in [7, 11) is 0. The first-order valence-corrected chi connectivity index (χ1v) is 5.83. The first kappa shape index (κ1) is 12.8. The third-order valence-electron chi connectivity index (χ3n) is 2.78. The third kappa shape index (κ3) is 2.84. The molecule has 0 saturated heterocycles. The van der Waals surface area contributed by atoms with E-state index in [9.17, 15) is 4.79 Å². The maximum atomic E-state index is 11.8. The van der Waals surface area contributed by atoms with Crippen molar-refractivity contribution < 1.29 is 9.53 Å². The summed E-state index contributed by atoms with van der Waals surface area (Å²) >= 11 is 0. The number of carbonyl (C=O) groups excluding carboxylic acids is 1. The Hall–Kier alpha value is -1.31. The van der Waals surface area contributed by atoms with Gasteiger partial charge in [0.1, 0.15) is 0 Å². The van der Waals surface area contributed by atoms with Gasteiger partial charge in [0.2, 0.25) is 0 Å². The lowest BCUT2D eigenvalue weighted by atomic mass is 9.92. The van der Waals surface area contributed by atoms with E-state index in [1.807, 2.05) is 32.9 Å². The molecule has 0 amide bonds. The minimum atomic E-state index is -0.124. The van der Waals surface area contributed by atoms with Crippen LogP contribution in [0.15, 0.2) is 18.2 Å². The first-order valence-electron chi connectivity index (χ1n) is 5.83. The number of hydrogen-bond acceptors (Lipinski definition) is 2. The molecule has 0 saturated carbocycles. The summed E-state index contributed by atoms with van der Waals surface area (Å²) < 4.78 is 5.10. The normalized spacial score (nSPS) is 12.2. The van der Waals surface area contributed by atoms with E-state index < -0.39 is 0 Å². The standard InChI is InChI=1S/C14H20O2/c1-5-12(14(15)16-6-2)13-8-7-10(3)9-11(13)4/h7-9,12H,5-6H2,1-4H3. The van der Waals surface area contributed by atoms with Crippen molar-refractivity contribution in [2.75, 3.05) is 6.61 Å². The Kier molecular flexibility index (Phi) is 4.53. The minimum Gasteiger partial charge on any atom is -0.466 e. The molecule has 0 fully saturated rings. The van der Waals surface area contributed by atoms with E-state index in [0.29, 0.717) is 6.61 Å². The van der Waals surface area contributed by atoms with E-state index in [-0.39, 0.29) is 11.9 Å². The molecular weight excluding hydrogens is 200 g/mol. The van der Waals surface area contributed by atoms with Gasteiger partial charge in [0.05, 0.1) is 12.5 Å². The predicted molar refractivity (Wildman–Crippen MR) is 65.6 cm³/mol. The van der Waals surface area contributed by atoms with Crippen molar-refractivity contribution in [1.29, 1.82) is 0 Å². The minimum absolute atomic E-state index is 0.114. The maximum absolute atomic E-state index is 11.8.